The minimum atomic E-state index is -0.682. The fourth-order valence-electron chi connectivity index (χ4n) is 3.02. The molecule has 1 aliphatic rings. The molecule has 0 unspecified atom stereocenters. The first kappa shape index (κ1) is 18.0. The Morgan fingerprint density at radius 1 is 1.38 bits per heavy atom. The van der Waals surface area contributed by atoms with Crippen LogP contribution in [-0.2, 0) is 10.3 Å². The second kappa shape index (κ2) is 6.46. The number of ether oxygens (including phenoxy) is 1. The van der Waals surface area contributed by atoms with E-state index in [1.165, 1.54) is 4.90 Å². The molecule has 1 aromatic heterocycles. The van der Waals surface area contributed by atoms with Crippen LogP contribution in [0.4, 0.5) is 0 Å². The average molecular weight is 368 g/mol. The summed E-state index contributed by atoms with van der Waals surface area (Å²) in [4.78, 5) is 20.2. The van der Waals surface area contributed by atoms with Crippen molar-refractivity contribution in [3.63, 3.8) is 0 Å². The molecule has 1 amide bonds. The maximum absolute atomic E-state index is 12.2. The number of carbonyl (C=O) groups excluding carboxylic acids is 1. The molecule has 0 spiro atoms. The summed E-state index contributed by atoms with van der Waals surface area (Å²) in [5, 5.41) is 9.25. The molecule has 0 aliphatic carbocycles. The van der Waals surface area contributed by atoms with Gasteiger partial charge in [-0.3, -0.25) is 9.69 Å². The standard InChI is InChI=1S/C19H20N4O2S/c1-11-15(13-5-12(10-20)6-14(7-13)25-4)8-16(26-11)19(2)9-17(24)23(3)18(21)22-19/h5-8H,9H2,1-4H3,(H2,21,22)/t19-/m0/s1. The van der Waals surface area contributed by atoms with E-state index in [1.54, 1.807) is 31.6 Å². The lowest BCUT2D eigenvalue weighted by Crippen LogP contribution is -2.47. The molecule has 0 saturated carbocycles. The largest absolute Gasteiger partial charge is 0.497 e. The fourth-order valence-corrected chi connectivity index (χ4v) is 4.15. The Bertz CT molecular complexity index is 957. The van der Waals surface area contributed by atoms with Gasteiger partial charge >= 0.3 is 0 Å². The predicted octanol–water partition coefficient (Wildman–Crippen LogP) is 3.00. The Balaban J connectivity index is 2.09. The van der Waals surface area contributed by atoms with Crippen LogP contribution in [-0.4, -0.2) is 30.9 Å². The summed E-state index contributed by atoms with van der Waals surface area (Å²) in [6, 6.07) is 9.63. The van der Waals surface area contributed by atoms with Crippen LogP contribution in [0.25, 0.3) is 11.1 Å². The minimum absolute atomic E-state index is 0.0549. The third kappa shape index (κ3) is 3.04. The van der Waals surface area contributed by atoms with Crippen LogP contribution in [0.5, 0.6) is 5.75 Å². The molecule has 1 atom stereocenters. The zero-order valence-corrected chi connectivity index (χ0v) is 16.0. The number of aryl methyl sites for hydroxylation is 1. The van der Waals surface area contributed by atoms with E-state index < -0.39 is 5.54 Å². The number of carbonyl (C=O) groups is 1. The Kier molecular flexibility index (Phi) is 4.46. The number of nitriles is 1. The van der Waals surface area contributed by atoms with E-state index in [9.17, 15) is 10.1 Å². The second-order valence-corrected chi connectivity index (χ2v) is 7.77. The molecule has 134 valence electrons. The SMILES string of the molecule is COc1cc(C#N)cc(-c2cc([C@]3(C)CC(=O)N(C)C(N)=N3)sc2C)c1. The molecule has 2 aromatic rings. The van der Waals surface area contributed by atoms with Crippen molar-refractivity contribution >= 4 is 23.2 Å². The van der Waals surface area contributed by atoms with Gasteiger partial charge in [0.2, 0.25) is 5.91 Å². The molecular formula is C19H20N4O2S. The highest BCUT2D eigenvalue weighted by Gasteiger charge is 2.37. The fraction of sp³-hybridized carbons (Fsp3) is 0.316. The van der Waals surface area contributed by atoms with Gasteiger partial charge in [-0.15, -0.1) is 11.3 Å². The molecule has 1 aliphatic heterocycles. The molecular weight excluding hydrogens is 348 g/mol. The Morgan fingerprint density at radius 2 is 2.12 bits per heavy atom. The van der Waals surface area contributed by atoms with Crippen LogP contribution in [0, 0.1) is 18.3 Å². The topological polar surface area (TPSA) is 91.7 Å². The molecule has 1 aromatic carbocycles. The lowest BCUT2D eigenvalue weighted by molar-refractivity contribution is -0.128. The first-order valence-electron chi connectivity index (χ1n) is 8.10. The smallest absolute Gasteiger partial charge is 0.231 e. The van der Waals surface area contributed by atoms with Gasteiger partial charge in [-0.1, -0.05) is 0 Å². The lowest BCUT2D eigenvalue weighted by Gasteiger charge is -2.32. The number of rotatable bonds is 3. The van der Waals surface area contributed by atoms with Gasteiger partial charge in [0.05, 0.1) is 25.2 Å². The van der Waals surface area contributed by atoms with Gasteiger partial charge in [0, 0.05) is 16.8 Å². The van der Waals surface area contributed by atoms with Gasteiger partial charge in [0.1, 0.15) is 11.3 Å². The number of aliphatic imine (C=N–C) groups is 1. The normalized spacial score (nSPS) is 19.9. The van der Waals surface area contributed by atoms with Crippen LogP contribution >= 0.6 is 11.3 Å². The zero-order chi connectivity index (χ0) is 19.1. The van der Waals surface area contributed by atoms with Crippen molar-refractivity contribution in [2.45, 2.75) is 25.8 Å². The van der Waals surface area contributed by atoms with Crippen molar-refractivity contribution in [1.29, 1.82) is 5.26 Å². The lowest BCUT2D eigenvalue weighted by atomic mass is 9.92. The highest BCUT2D eigenvalue weighted by molar-refractivity contribution is 7.12. The number of hydrogen-bond acceptors (Lipinski definition) is 6. The molecule has 2 heterocycles. The summed E-state index contributed by atoms with van der Waals surface area (Å²) in [6.45, 7) is 3.94. The highest BCUT2D eigenvalue weighted by Crippen LogP contribution is 2.42. The van der Waals surface area contributed by atoms with Crippen LogP contribution in [0.1, 0.15) is 28.7 Å². The van der Waals surface area contributed by atoms with E-state index in [0.717, 1.165) is 20.9 Å². The summed E-state index contributed by atoms with van der Waals surface area (Å²) >= 11 is 1.59. The van der Waals surface area contributed by atoms with Crippen LogP contribution in [0.3, 0.4) is 0 Å². The molecule has 0 bridgehead atoms. The highest BCUT2D eigenvalue weighted by atomic mass is 32.1. The third-order valence-corrected chi connectivity index (χ3v) is 5.91. The molecule has 7 heteroatoms. The number of nitrogens with zero attached hydrogens (tertiary/aromatic N) is 3. The molecule has 3 rings (SSSR count). The van der Waals surface area contributed by atoms with Gasteiger partial charge in [-0.2, -0.15) is 5.26 Å². The average Bonchev–Trinajstić information content (AvgIpc) is 3.01. The Labute approximate surface area is 156 Å². The van der Waals surface area contributed by atoms with Gasteiger partial charge in [0.15, 0.2) is 5.96 Å². The third-order valence-electron chi connectivity index (χ3n) is 4.61. The maximum atomic E-state index is 12.2. The van der Waals surface area contributed by atoms with E-state index in [1.807, 2.05) is 32.0 Å². The van der Waals surface area contributed by atoms with Gasteiger partial charge < -0.3 is 10.5 Å². The molecule has 0 radical (unpaired) electrons. The molecule has 26 heavy (non-hydrogen) atoms. The monoisotopic (exact) mass is 368 g/mol. The van der Waals surface area contributed by atoms with E-state index in [-0.39, 0.29) is 18.3 Å². The number of benzene rings is 1. The number of methoxy groups -OCH3 is 1. The second-order valence-electron chi connectivity index (χ2n) is 6.52. The molecule has 0 fully saturated rings. The number of guanidine groups is 1. The molecule has 0 saturated heterocycles. The van der Waals surface area contributed by atoms with Crippen molar-refractivity contribution < 1.29 is 9.53 Å². The van der Waals surface area contributed by atoms with Crippen molar-refractivity contribution in [3.05, 3.63) is 39.6 Å². The summed E-state index contributed by atoms with van der Waals surface area (Å²) < 4.78 is 5.31. The number of amides is 1. The Morgan fingerprint density at radius 3 is 2.73 bits per heavy atom. The van der Waals surface area contributed by atoms with E-state index in [4.69, 9.17) is 10.5 Å². The quantitative estimate of drug-likeness (QED) is 0.901. The minimum Gasteiger partial charge on any atom is -0.497 e. The number of nitrogens with two attached hydrogens (primary N) is 1. The van der Waals surface area contributed by atoms with E-state index in [2.05, 4.69) is 11.1 Å². The number of hydrogen-bond donors (Lipinski definition) is 1. The van der Waals surface area contributed by atoms with E-state index >= 15 is 0 Å². The Hall–Kier alpha value is -2.85. The van der Waals surface area contributed by atoms with Crippen molar-refractivity contribution in [2.75, 3.05) is 14.2 Å². The van der Waals surface area contributed by atoms with E-state index in [0.29, 0.717) is 11.3 Å². The van der Waals surface area contributed by atoms with Gasteiger partial charge in [-0.05, 0) is 49.2 Å². The van der Waals surface area contributed by atoms with Crippen LogP contribution in [0.2, 0.25) is 0 Å². The summed E-state index contributed by atoms with van der Waals surface area (Å²) in [7, 11) is 3.21. The van der Waals surface area contributed by atoms with Crippen molar-refractivity contribution in [1.82, 2.24) is 4.90 Å². The van der Waals surface area contributed by atoms with Crippen molar-refractivity contribution in [2.24, 2.45) is 10.7 Å². The summed E-state index contributed by atoms with van der Waals surface area (Å²) in [5.74, 6) is 0.805. The predicted molar refractivity (Wildman–Crippen MR) is 102 cm³/mol. The van der Waals surface area contributed by atoms with Crippen molar-refractivity contribution in [3.8, 4) is 22.9 Å². The molecule has 2 N–H and O–H groups in total. The first-order valence-corrected chi connectivity index (χ1v) is 8.91. The van der Waals surface area contributed by atoms with Crippen LogP contribution < -0.4 is 10.5 Å². The summed E-state index contributed by atoms with van der Waals surface area (Å²) in [6.07, 6.45) is 0.269. The summed E-state index contributed by atoms with van der Waals surface area (Å²) in [5.41, 5.74) is 7.68. The van der Waals surface area contributed by atoms with Gasteiger partial charge in [0.25, 0.3) is 0 Å². The van der Waals surface area contributed by atoms with Crippen LogP contribution in [0.15, 0.2) is 29.3 Å². The zero-order valence-electron chi connectivity index (χ0n) is 15.2. The first-order chi connectivity index (χ1) is 12.3. The maximum Gasteiger partial charge on any atom is 0.231 e. The van der Waals surface area contributed by atoms with Gasteiger partial charge in [-0.25, -0.2) is 4.99 Å². The molecule has 6 nitrogen and oxygen atoms in total. The number of thiophene rings is 1.